The summed E-state index contributed by atoms with van der Waals surface area (Å²) < 4.78 is 11.6. The Morgan fingerprint density at radius 1 is 1.03 bits per heavy atom. The van der Waals surface area contributed by atoms with Crippen molar-refractivity contribution in [3.63, 3.8) is 0 Å². The van der Waals surface area contributed by atoms with Crippen molar-refractivity contribution in [2.24, 2.45) is 11.8 Å². The molecule has 1 aromatic heterocycles. The average molecular weight is 486 g/mol. The Morgan fingerprint density at radius 3 is 2.36 bits per heavy atom. The van der Waals surface area contributed by atoms with Crippen LogP contribution in [0.5, 0.6) is 5.75 Å². The molecule has 0 amide bonds. The zero-order valence-corrected chi connectivity index (χ0v) is 21.7. The predicted octanol–water partition coefficient (Wildman–Crippen LogP) is 7.27. The number of ether oxygens (including phenoxy) is 2. The van der Waals surface area contributed by atoms with Crippen LogP contribution < -0.4 is 0 Å². The first-order valence-electron chi connectivity index (χ1n) is 12.3. The molecular weight excluding hydrogens is 450 g/mol. The molecule has 3 aromatic rings. The highest BCUT2D eigenvalue weighted by molar-refractivity contribution is 5.98. The maximum Gasteiger partial charge on any atom is 0.337 e. The van der Waals surface area contributed by atoms with E-state index in [0.29, 0.717) is 28.3 Å². The summed E-state index contributed by atoms with van der Waals surface area (Å²) >= 11 is 0. The number of hydrogen-bond acceptors (Lipinski definition) is 5. The molecule has 36 heavy (non-hydrogen) atoms. The van der Waals surface area contributed by atoms with Gasteiger partial charge in [-0.05, 0) is 53.7 Å². The average Bonchev–Trinajstić information content (AvgIpc) is 2.90. The molecule has 0 spiro atoms. The predicted molar refractivity (Wildman–Crippen MR) is 145 cm³/mol. The maximum absolute atomic E-state index is 13.0. The molecule has 3 rings (SSSR count). The molecule has 0 aliphatic carbocycles. The lowest BCUT2D eigenvalue weighted by Crippen LogP contribution is -2.17. The number of rotatable bonds is 10. The van der Waals surface area contributed by atoms with Crippen molar-refractivity contribution in [1.29, 1.82) is 0 Å². The minimum Gasteiger partial charge on any atom is -0.508 e. The fourth-order valence-electron chi connectivity index (χ4n) is 3.85. The second kappa shape index (κ2) is 12.2. The molecule has 1 atom stereocenters. The van der Waals surface area contributed by atoms with E-state index in [1.165, 1.54) is 7.11 Å². The van der Waals surface area contributed by atoms with Crippen LogP contribution in [0.4, 0.5) is 0 Å². The molecule has 0 bridgehead atoms. The zero-order valence-electron chi connectivity index (χ0n) is 21.7. The van der Waals surface area contributed by atoms with E-state index in [0.717, 1.165) is 23.1 Å². The molecule has 0 saturated carbocycles. The highest BCUT2D eigenvalue weighted by Gasteiger charge is 2.27. The van der Waals surface area contributed by atoms with Crippen LogP contribution in [-0.2, 0) is 20.9 Å². The molecule has 2 aromatic carbocycles. The topological polar surface area (TPSA) is 68.7 Å². The summed E-state index contributed by atoms with van der Waals surface area (Å²) in [4.78, 5) is 18.0. The fourth-order valence-corrected chi connectivity index (χ4v) is 3.85. The minimum atomic E-state index is -0.425. The van der Waals surface area contributed by atoms with Crippen LogP contribution in [0.25, 0.3) is 22.6 Å². The Bertz CT molecular complexity index is 1240. The van der Waals surface area contributed by atoms with Gasteiger partial charge in [-0.3, -0.25) is 0 Å². The molecule has 188 valence electrons. The quantitative estimate of drug-likeness (QED) is 0.186. The number of aromatic nitrogens is 1. The summed E-state index contributed by atoms with van der Waals surface area (Å²) in [5, 5.41) is 9.99. The van der Waals surface area contributed by atoms with Crippen LogP contribution in [-0.4, -0.2) is 23.2 Å². The first kappa shape index (κ1) is 26.7. The molecule has 0 saturated heterocycles. The van der Waals surface area contributed by atoms with E-state index < -0.39 is 5.97 Å². The van der Waals surface area contributed by atoms with Gasteiger partial charge in [0.05, 0.1) is 24.1 Å². The number of carbonyl (C=O) groups is 1. The van der Waals surface area contributed by atoms with Crippen molar-refractivity contribution in [1.82, 2.24) is 4.98 Å². The zero-order chi connectivity index (χ0) is 26.2. The highest BCUT2D eigenvalue weighted by Crippen LogP contribution is 2.36. The van der Waals surface area contributed by atoms with Crippen LogP contribution >= 0.6 is 0 Å². The molecule has 1 N–H and O–H groups in total. The molecule has 0 aliphatic rings. The molecular formula is C31H35NO4. The lowest BCUT2D eigenvalue weighted by atomic mass is 9.90. The van der Waals surface area contributed by atoms with E-state index in [4.69, 9.17) is 14.5 Å². The Kier molecular flexibility index (Phi) is 9.07. The molecule has 0 aliphatic heterocycles. The van der Waals surface area contributed by atoms with Gasteiger partial charge in [-0.15, -0.1) is 0 Å². The molecule has 5 nitrogen and oxygen atoms in total. The Hall–Kier alpha value is -3.86. The standard InChI is InChI=1S/C31H35NO4/c1-7-21(4)28(31(34)35-6)30(36-19-23-12-9-8-10-13-23)26-16-17-27(24-14-11-15-25(33)18-24)32-29(26)22(5)20(2)3/h8-18,20-21,33H,5,7,19H2,1-4,6H3/b30-28-. The Morgan fingerprint density at radius 2 is 1.75 bits per heavy atom. The highest BCUT2D eigenvalue weighted by atomic mass is 16.5. The number of phenols is 1. The smallest absolute Gasteiger partial charge is 0.337 e. The number of carbonyl (C=O) groups excluding carboxylic acids is 1. The van der Waals surface area contributed by atoms with Gasteiger partial charge < -0.3 is 14.6 Å². The van der Waals surface area contributed by atoms with Crippen molar-refractivity contribution in [3.05, 3.63) is 95.7 Å². The summed E-state index contributed by atoms with van der Waals surface area (Å²) in [5.74, 6) is 0.196. The van der Waals surface area contributed by atoms with Crippen molar-refractivity contribution < 1.29 is 19.4 Å². The SMILES string of the molecule is C=C(c1nc(-c2cccc(O)c2)ccc1/C(OCc1ccccc1)=C(/C(=O)OC)C(C)CC)C(C)C. The number of benzene rings is 2. The summed E-state index contributed by atoms with van der Waals surface area (Å²) in [6, 6.07) is 20.6. The Labute approximate surface area is 214 Å². The van der Waals surface area contributed by atoms with Crippen LogP contribution in [0.1, 0.15) is 50.9 Å². The third-order valence-corrected chi connectivity index (χ3v) is 6.26. The normalized spacial score (nSPS) is 12.6. The second-order valence-electron chi connectivity index (χ2n) is 9.14. The van der Waals surface area contributed by atoms with Crippen molar-refractivity contribution in [2.45, 2.75) is 40.7 Å². The number of hydrogen-bond donors (Lipinski definition) is 1. The lowest BCUT2D eigenvalue weighted by molar-refractivity contribution is -0.136. The number of nitrogens with zero attached hydrogens (tertiary/aromatic N) is 1. The first-order valence-corrected chi connectivity index (χ1v) is 12.3. The summed E-state index contributed by atoms with van der Waals surface area (Å²) in [5.41, 5.74) is 5.09. The van der Waals surface area contributed by atoms with E-state index >= 15 is 0 Å². The third-order valence-electron chi connectivity index (χ3n) is 6.26. The Balaban J connectivity index is 2.26. The molecule has 0 fully saturated rings. The van der Waals surface area contributed by atoms with Gasteiger partial charge in [-0.2, -0.15) is 0 Å². The van der Waals surface area contributed by atoms with Gasteiger partial charge in [0, 0.05) is 11.1 Å². The van der Waals surface area contributed by atoms with Crippen LogP contribution in [0.3, 0.4) is 0 Å². The van der Waals surface area contributed by atoms with E-state index in [1.807, 2.05) is 62.4 Å². The fraction of sp³-hybridized carbons (Fsp3) is 0.290. The number of methoxy groups -OCH3 is 1. The number of phenolic OH excluding ortho intramolecular Hbond substituents is 1. The van der Waals surface area contributed by atoms with Gasteiger partial charge in [0.15, 0.2) is 0 Å². The van der Waals surface area contributed by atoms with Crippen molar-refractivity contribution in [2.75, 3.05) is 7.11 Å². The van der Waals surface area contributed by atoms with Crippen molar-refractivity contribution >= 4 is 17.3 Å². The monoisotopic (exact) mass is 485 g/mol. The van der Waals surface area contributed by atoms with Crippen LogP contribution in [0.2, 0.25) is 0 Å². The largest absolute Gasteiger partial charge is 0.508 e. The number of allylic oxidation sites excluding steroid dienone is 1. The summed E-state index contributed by atoms with van der Waals surface area (Å²) in [6.07, 6.45) is 0.734. The first-order chi connectivity index (χ1) is 17.3. The van der Waals surface area contributed by atoms with Gasteiger partial charge in [-0.25, -0.2) is 9.78 Å². The molecule has 1 heterocycles. The molecule has 1 unspecified atom stereocenters. The van der Waals surface area contributed by atoms with Crippen LogP contribution in [0.15, 0.2) is 78.9 Å². The minimum absolute atomic E-state index is 0.103. The van der Waals surface area contributed by atoms with E-state index in [9.17, 15) is 9.90 Å². The molecule has 5 heteroatoms. The number of esters is 1. The lowest BCUT2D eigenvalue weighted by Gasteiger charge is -2.23. The third kappa shape index (κ3) is 6.22. The summed E-state index contributed by atoms with van der Waals surface area (Å²) in [6.45, 7) is 12.7. The van der Waals surface area contributed by atoms with Gasteiger partial charge >= 0.3 is 5.97 Å². The van der Waals surface area contributed by atoms with Gasteiger partial charge in [0.25, 0.3) is 0 Å². The number of pyridine rings is 1. The van der Waals surface area contributed by atoms with Crippen LogP contribution in [0, 0.1) is 11.8 Å². The van der Waals surface area contributed by atoms with E-state index in [2.05, 4.69) is 20.4 Å². The van der Waals surface area contributed by atoms with Crippen molar-refractivity contribution in [3.8, 4) is 17.0 Å². The number of aromatic hydroxyl groups is 1. The van der Waals surface area contributed by atoms with Gasteiger partial charge in [0.2, 0.25) is 0 Å². The van der Waals surface area contributed by atoms with E-state index in [-0.39, 0.29) is 24.2 Å². The van der Waals surface area contributed by atoms with Gasteiger partial charge in [-0.1, -0.05) is 76.7 Å². The molecule has 0 radical (unpaired) electrons. The maximum atomic E-state index is 13.0. The second-order valence-corrected chi connectivity index (χ2v) is 9.14. The summed E-state index contributed by atoms with van der Waals surface area (Å²) in [7, 11) is 1.39. The van der Waals surface area contributed by atoms with Gasteiger partial charge in [0.1, 0.15) is 18.1 Å². The van der Waals surface area contributed by atoms with E-state index in [1.54, 1.807) is 18.2 Å².